The van der Waals surface area contributed by atoms with Gasteiger partial charge in [-0.1, -0.05) is 18.2 Å². The number of fused-ring (bicyclic) bond motifs is 1. The van der Waals surface area contributed by atoms with Gasteiger partial charge >= 0.3 is 0 Å². The van der Waals surface area contributed by atoms with E-state index in [9.17, 15) is 9.90 Å². The summed E-state index contributed by atoms with van der Waals surface area (Å²) in [6.07, 6.45) is 0. The molecular formula is C17H17NO4S. The zero-order chi connectivity index (χ0) is 16.4. The third-order valence-corrected chi connectivity index (χ3v) is 4.72. The van der Waals surface area contributed by atoms with Gasteiger partial charge < -0.3 is 19.6 Å². The summed E-state index contributed by atoms with van der Waals surface area (Å²) >= 11 is 1.44. The molecule has 0 bridgehead atoms. The number of ether oxygens (including phenoxy) is 1. The Labute approximate surface area is 137 Å². The number of hydrogen-bond donors (Lipinski definition) is 2. The van der Waals surface area contributed by atoms with E-state index in [1.807, 2.05) is 29.6 Å². The van der Waals surface area contributed by atoms with Crippen LogP contribution >= 0.6 is 11.3 Å². The molecule has 1 atom stereocenters. The lowest BCUT2D eigenvalue weighted by Crippen LogP contribution is -2.37. The summed E-state index contributed by atoms with van der Waals surface area (Å²) in [5, 5.41) is 15.8. The second-order valence-electron chi connectivity index (χ2n) is 5.42. The van der Waals surface area contributed by atoms with Crippen LogP contribution in [-0.2, 0) is 5.60 Å². The second-order valence-corrected chi connectivity index (χ2v) is 6.37. The summed E-state index contributed by atoms with van der Waals surface area (Å²) < 4.78 is 10.8. The SMILES string of the molecule is COc1cccc2cc(C(=O)NCC(C)(O)c3cccs3)oc12. The highest BCUT2D eigenvalue weighted by Crippen LogP contribution is 2.29. The first-order valence-electron chi connectivity index (χ1n) is 7.12. The van der Waals surface area contributed by atoms with Gasteiger partial charge in [0.15, 0.2) is 17.1 Å². The number of rotatable bonds is 5. The summed E-state index contributed by atoms with van der Waals surface area (Å²) in [7, 11) is 1.55. The van der Waals surface area contributed by atoms with Crippen LogP contribution in [0, 0.1) is 0 Å². The van der Waals surface area contributed by atoms with E-state index >= 15 is 0 Å². The number of aliphatic hydroxyl groups is 1. The molecule has 0 saturated carbocycles. The number of hydrogen-bond acceptors (Lipinski definition) is 5. The van der Waals surface area contributed by atoms with Gasteiger partial charge in [0.1, 0.15) is 5.60 Å². The Morgan fingerprint density at radius 1 is 1.39 bits per heavy atom. The van der Waals surface area contributed by atoms with Crippen LogP contribution in [0.3, 0.4) is 0 Å². The molecule has 6 heteroatoms. The van der Waals surface area contributed by atoms with Crippen molar-refractivity contribution in [2.45, 2.75) is 12.5 Å². The van der Waals surface area contributed by atoms with E-state index in [-0.39, 0.29) is 18.2 Å². The molecule has 5 nitrogen and oxygen atoms in total. The molecule has 1 aromatic carbocycles. The summed E-state index contributed by atoms with van der Waals surface area (Å²) in [5.41, 5.74) is -0.585. The summed E-state index contributed by atoms with van der Waals surface area (Å²) in [6.45, 7) is 1.77. The molecule has 0 fully saturated rings. The molecule has 1 amide bonds. The number of benzene rings is 1. The van der Waals surface area contributed by atoms with Crippen LogP contribution in [0.15, 0.2) is 46.2 Å². The lowest BCUT2D eigenvalue weighted by Gasteiger charge is -2.21. The average molecular weight is 331 g/mol. The van der Waals surface area contributed by atoms with Gasteiger partial charge in [0, 0.05) is 10.3 Å². The minimum Gasteiger partial charge on any atom is -0.493 e. The molecule has 3 aromatic rings. The first-order valence-corrected chi connectivity index (χ1v) is 8.00. The molecule has 2 aromatic heterocycles. The van der Waals surface area contributed by atoms with Crippen molar-refractivity contribution in [3.63, 3.8) is 0 Å². The lowest BCUT2D eigenvalue weighted by molar-refractivity contribution is 0.0549. The van der Waals surface area contributed by atoms with Crippen molar-refractivity contribution >= 4 is 28.2 Å². The topological polar surface area (TPSA) is 71.7 Å². The number of para-hydroxylation sites is 1. The Hall–Kier alpha value is -2.31. The van der Waals surface area contributed by atoms with Crippen LogP contribution in [0.4, 0.5) is 0 Å². The molecular weight excluding hydrogens is 314 g/mol. The molecule has 0 radical (unpaired) electrons. The highest BCUT2D eigenvalue weighted by Gasteiger charge is 2.26. The van der Waals surface area contributed by atoms with E-state index in [1.54, 1.807) is 26.2 Å². The molecule has 0 aliphatic heterocycles. The van der Waals surface area contributed by atoms with E-state index < -0.39 is 5.60 Å². The molecule has 0 saturated heterocycles. The Kier molecular flexibility index (Phi) is 4.11. The summed E-state index contributed by atoms with van der Waals surface area (Å²) in [6, 6.07) is 10.8. The Bertz CT molecular complexity index is 820. The van der Waals surface area contributed by atoms with Crippen molar-refractivity contribution in [1.29, 1.82) is 0 Å². The number of furan rings is 1. The average Bonchev–Trinajstić information content (AvgIpc) is 3.21. The maximum atomic E-state index is 12.3. The maximum Gasteiger partial charge on any atom is 0.287 e. The van der Waals surface area contributed by atoms with Crippen molar-refractivity contribution in [2.75, 3.05) is 13.7 Å². The zero-order valence-corrected chi connectivity index (χ0v) is 13.6. The van der Waals surface area contributed by atoms with E-state index in [1.165, 1.54) is 11.3 Å². The molecule has 2 N–H and O–H groups in total. The summed E-state index contributed by atoms with van der Waals surface area (Å²) in [4.78, 5) is 13.1. The predicted molar refractivity (Wildman–Crippen MR) is 89.0 cm³/mol. The molecule has 2 heterocycles. The van der Waals surface area contributed by atoms with Gasteiger partial charge in [0.25, 0.3) is 5.91 Å². The maximum absolute atomic E-state index is 12.3. The third-order valence-electron chi connectivity index (χ3n) is 3.60. The van der Waals surface area contributed by atoms with Crippen LogP contribution in [0.2, 0.25) is 0 Å². The van der Waals surface area contributed by atoms with E-state index in [4.69, 9.17) is 9.15 Å². The number of carbonyl (C=O) groups excluding carboxylic acids is 1. The quantitative estimate of drug-likeness (QED) is 0.753. The van der Waals surface area contributed by atoms with Gasteiger partial charge in [-0.25, -0.2) is 0 Å². The van der Waals surface area contributed by atoms with Crippen molar-refractivity contribution in [2.24, 2.45) is 0 Å². The van der Waals surface area contributed by atoms with Crippen molar-refractivity contribution in [1.82, 2.24) is 5.32 Å². The number of thiophene rings is 1. The minimum absolute atomic E-state index is 0.0977. The number of nitrogens with one attached hydrogen (secondary N) is 1. The molecule has 3 rings (SSSR count). The van der Waals surface area contributed by atoms with Gasteiger partial charge in [-0.05, 0) is 30.5 Å². The van der Waals surface area contributed by atoms with Gasteiger partial charge in [-0.15, -0.1) is 11.3 Å². The van der Waals surface area contributed by atoms with E-state index in [0.29, 0.717) is 11.3 Å². The highest BCUT2D eigenvalue weighted by molar-refractivity contribution is 7.10. The minimum atomic E-state index is -1.12. The molecule has 23 heavy (non-hydrogen) atoms. The Balaban J connectivity index is 1.76. The fourth-order valence-electron chi connectivity index (χ4n) is 2.32. The third kappa shape index (κ3) is 3.09. The predicted octanol–water partition coefficient (Wildman–Crippen LogP) is 3.14. The van der Waals surface area contributed by atoms with Crippen LogP contribution in [-0.4, -0.2) is 24.7 Å². The van der Waals surface area contributed by atoms with E-state index in [0.717, 1.165) is 10.3 Å². The second kappa shape index (κ2) is 6.06. The summed E-state index contributed by atoms with van der Waals surface area (Å²) in [5.74, 6) is 0.388. The standard InChI is InChI=1S/C17H17NO4S/c1-17(20,14-7-4-8-23-14)10-18-16(19)13-9-11-5-3-6-12(21-2)15(11)22-13/h3-9,20H,10H2,1-2H3,(H,18,19). The first kappa shape index (κ1) is 15.6. The number of amides is 1. The molecule has 0 aliphatic carbocycles. The van der Waals surface area contributed by atoms with Crippen LogP contribution in [0.1, 0.15) is 22.4 Å². The van der Waals surface area contributed by atoms with E-state index in [2.05, 4.69) is 5.32 Å². The molecule has 1 unspecified atom stereocenters. The Morgan fingerprint density at radius 3 is 2.91 bits per heavy atom. The number of methoxy groups -OCH3 is 1. The van der Waals surface area contributed by atoms with Crippen LogP contribution in [0.5, 0.6) is 5.75 Å². The smallest absolute Gasteiger partial charge is 0.287 e. The van der Waals surface area contributed by atoms with Gasteiger partial charge in [-0.3, -0.25) is 4.79 Å². The fraction of sp³-hybridized carbons (Fsp3) is 0.235. The van der Waals surface area contributed by atoms with Gasteiger partial charge in [0.05, 0.1) is 13.7 Å². The highest BCUT2D eigenvalue weighted by atomic mass is 32.1. The normalized spacial score (nSPS) is 13.7. The lowest BCUT2D eigenvalue weighted by atomic mass is 10.1. The number of carbonyl (C=O) groups is 1. The van der Waals surface area contributed by atoms with Crippen LogP contribution < -0.4 is 10.1 Å². The van der Waals surface area contributed by atoms with Gasteiger partial charge in [-0.2, -0.15) is 0 Å². The van der Waals surface area contributed by atoms with Gasteiger partial charge in [0.2, 0.25) is 0 Å². The first-order chi connectivity index (χ1) is 11.0. The zero-order valence-electron chi connectivity index (χ0n) is 12.8. The van der Waals surface area contributed by atoms with Crippen LogP contribution in [0.25, 0.3) is 11.0 Å². The fourth-order valence-corrected chi connectivity index (χ4v) is 3.11. The molecule has 120 valence electrons. The van der Waals surface area contributed by atoms with Crippen molar-refractivity contribution < 1.29 is 19.1 Å². The molecule has 0 spiro atoms. The Morgan fingerprint density at radius 2 is 2.22 bits per heavy atom. The monoisotopic (exact) mass is 331 g/mol. The largest absolute Gasteiger partial charge is 0.493 e. The van der Waals surface area contributed by atoms with Crippen molar-refractivity contribution in [3.05, 3.63) is 52.4 Å². The molecule has 0 aliphatic rings. The van der Waals surface area contributed by atoms with Crippen molar-refractivity contribution in [3.8, 4) is 5.75 Å².